The van der Waals surface area contributed by atoms with Crippen LogP contribution in [0.4, 0.5) is 4.39 Å². The van der Waals surface area contributed by atoms with Crippen molar-refractivity contribution in [3.63, 3.8) is 0 Å². The first kappa shape index (κ1) is 20.2. The standard InChI is InChI=1S/C20H25FNO3P/c1-6-20(2,16-10-15(24-4)11-17(25-5)19(16)23)26-18-8-7-14(21)9-13(18)12-22-3/h7-12,23,26H,6H2,1-5H3. The summed E-state index contributed by atoms with van der Waals surface area (Å²) in [6, 6.07) is 8.22. The van der Waals surface area contributed by atoms with Crippen molar-refractivity contribution in [2.75, 3.05) is 21.3 Å². The molecule has 2 unspecified atom stereocenters. The molecule has 6 heteroatoms. The van der Waals surface area contributed by atoms with Gasteiger partial charge < -0.3 is 14.6 Å². The average Bonchev–Trinajstić information content (AvgIpc) is 2.64. The molecule has 0 aromatic heterocycles. The number of aromatic hydroxyl groups is 1. The maximum atomic E-state index is 13.6. The van der Waals surface area contributed by atoms with E-state index in [0.29, 0.717) is 20.1 Å². The summed E-state index contributed by atoms with van der Waals surface area (Å²) in [6.45, 7) is 4.14. The second kappa shape index (κ2) is 8.50. The molecule has 4 nitrogen and oxygen atoms in total. The van der Waals surface area contributed by atoms with Gasteiger partial charge in [-0.25, -0.2) is 4.39 Å². The summed E-state index contributed by atoms with van der Waals surface area (Å²) in [6.07, 6.45) is 2.43. The molecule has 0 aliphatic carbocycles. The fourth-order valence-electron chi connectivity index (χ4n) is 2.81. The van der Waals surface area contributed by atoms with E-state index in [1.807, 2.05) is 6.07 Å². The van der Waals surface area contributed by atoms with Crippen molar-refractivity contribution < 1.29 is 19.0 Å². The molecule has 0 aliphatic rings. The number of hydrogen-bond acceptors (Lipinski definition) is 4. The molecule has 2 rings (SSSR count). The number of hydrogen-bond donors (Lipinski definition) is 1. The van der Waals surface area contributed by atoms with Crippen LogP contribution in [-0.2, 0) is 5.16 Å². The number of rotatable bonds is 7. The Bertz CT molecular complexity index is 810. The molecule has 0 bridgehead atoms. The molecule has 140 valence electrons. The van der Waals surface area contributed by atoms with Crippen molar-refractivity contribution in [3.8, 4) is 17.2 Å². The lowest BCUT2D eigenvalue weighted by Gasteiger charge is -2.31. The number of aliphatic imine (C=N–C) groups is 1. The maximum Gasteiger partial charge on any atom is 0.164 e. The number of nitrogens with zero attached hydrogens (tertiary/aromatic N) is 1. The summed E-state index contributed by atoms with van der Waals surface area (Å²) < 4.78 is 24.3. The third-order valence-corrected chi connectivity index (χ3v) is 6.40. The number of halogens is 1. The molecule has 0 spiro atoms. The van der Waals surface area contributed by atoms with Gasteiger partial charge in [-0.1, -0.05) is 28.5 Å². The van der Waals surface area contributed by atoms with Crippen LogP contribution in [-0.4, -0.2) is 32.6 Å². The van der Waals surface area contributed by atoms with Gasteiger partial charge >= 0.3 is 0 Å². The Hall–Kier alpha value is -2.13. The van der Waals surface area contributed by atoms with Gasteiger partial charge in [0.05, 0.1) is 14.2 Å². The van der Waals surface area contributed by atoms with Crippen LogP contribution >= 0.6 is 8.58 Å². The zero-order chi connectivity index (χ0) is 19.3. The highest BCUT2D eigenvalue weighted by atomic mass is 31.1. The molecule has 2 aromatic rings. The Labute approximate surface area is 155 Å². The SMILES string of the molecule is CCC(C)(Pc1ccc(F)cc1C=NC)c1cc(OC)cc(OC)c1O. The highest BCUT2D eigenvalue weighted by Gasteiger charge is 2.31. The molecule has 2 atom stereocenters. The zero-order valence-electron chi connectivity index (χ0n) is 15.8. The lowest BCUT2D eigenvalue weighted by molar-refractivity contribution is 0.357. The van der Waals surface area contributed by atoms with Crippen molar-refractivity contribution in [3.05, 3.63) is 47.3 Å². The van der Waals surface area contributed by atoms with Crippen LogP contribution in [0.2, 0.25) is 0 Å². The molecule has 26 heavy (non-hydrogen) atoms. The Morgan fingerprint density at radius 2 is 1.96 bits per heavy atom. The van der Waals surface area contributed by atoms with Gasteiger partial charge in [-0.3, -0.25) is 4.99 Å². The molecular formula is C20H25FNO3P. The molecular weight excluding hydrogens is 352 g/mol. The Balaban J connectivity index is 2.56. The van der Waals surface area contributed by atoms with E-state index in [4.69, 9.17) is 9.47 Å². The largest absolute Gasteiger partial charge is 0.504 e. The maximum absolute atomic E-state index is 13.6. The minimum absolute atomic E-state index is 0.109. The number of ether oxygens (including phenoxy) is 2. The van der Waals surface area contributed by atoms with Crippen molar-refractivity contribution in [2.45, 2.75) is 25.4 Å². The van der Waals surface area contributed by atoms with Crippen LogP contribution in [0.3, 0.4) is 0 Å². The topological polar surface area (TPSA) is 51.0 Å². The van der Waals surface area contributed by atoms with Crippen molar-refractivity contribution in [2.24, 2.45) is 4.99 Å². The molecule has 0 fully saturated rings. The minimum Gasteiger partial charge on any atom is -0.504 e. The molecule has 0 heterocycles. The third-order valence-electron chi connectivity index (χ3n) is 4.50. The summed E-state index contributed by atoms with van der Waals surface area (Å²) >= 11 is 0. The van der Waals surface area contributed by atoms with Crippen LogP contribution in [0, 0.1) is 5.82 Å². The van der Waals surface area contributed by atoms with E-state index in [-0.39, 0.29) is 16.7 Å². The lowest BCUT2D eigenvalue weighted by Crippen LogP contribution is -2.20. The van der Waals surface area contributed by atoms with Gasteiger partial charge in [-0.2, -0.15) is 0 Å². The Kier molecular flexibility index (Phi) is 6.60. The second-order valence-electron chi connectivity index (χ2n) is 6.16. The van der Waals surface area contributed by atoms with Gasteiger partial charge in [0.25, 0.3) is 0 Å². The van der Waals surface area contributed by atoms with Gasteiger partial charge in [0.2, 0.25) is 0 Å². The smallest absolute Gasteiger partial charge is 0.164 e. The third kappa shape index (κ3) is 4.16. The van der Waals surface area contributed by atoms with Gasteiger partial charge in [0.1, 0.15) is 11.6 Å². The van der Waals surface area contributed by atoms with E-state index >= 15 is 0 Å². The number of benzene rings is 2. The molecule has 0 amide bonds. The summed E-state index contributed by atoms with van der Waals surface area (Å²) in [7, 11) is 5.05. The molecule has 0 saturated heterocycles. The molecule has 0 radical (unpaired) electrons. The van der Waals surface area contributed by atoms with E-state index in [2.05, 4.69) is 18.8 Å². The van der Waals surface area contributed by atoms with Crippen LogP contribution in [0.15, 0.2) is 35.3 Å². The first-order valence-corrected chi connectivity index (χ1v) is 9.33. The fourth-order valence-corrected chi connectivity index (χ4v) is 4.36. The van der Waals surface area contributed by atoms with Crippen molar-refractivity contribution in [1.82, 2.24) is 0 Å². The van der Waals surface area contributed by atoms with Crippen LogP contribution < -0.4 is 14.8 Å². The molecule has 0 saturated carbocycles. The van der Waals surface area contributed by atoms with E-state index in [9.17, 15) is 9.50 Å². The predicted molar refractivity (Wildman–Crippen MR) is 107 cm³/mol. The zero-order valence-corrected chi connectivity index (χ0v) is 16.8. The Morgan fingerprint density at radius 1 is 1.23 bits per heavy atom. The fraction of sp³-hybridized carbons (Fsp3) is 0.350. The van der Waals surface area contributed by atoms with Gasteiger partial charge in [0, 0.05) is 35.6 Å². The first-order valence-electron chi connectivity index (χ1n) is 8.33. The number of phenols is 1. The van der Waals surface area contributed by atoms with Gasteiger partial charge in [-0.05, 0) is 29.9 Å². The van der Waals surface area contributed by atoms with Crippen LogP contribution in [0.5, 0.6) is 17.2 Å². The van der Waals surface area contributed by atoms with Crippen LogP contribution in [0.1, 0.15) is 31.4 Å². The molecule has 2 aromatic carbocycles. The van der Waals surface area contributed by atoms with E-state index < -0.39 is 0 Å². The monoisotopic (exact) mass is 377 g/mol. The predicted octanol–water partition coefficient (Wildman–Crippen LogP) is 4.23. The van der Waals surface area contributed by atoms with Crippen LogP contribution in [0.25, 0.3) is 0 Å². The van der Waals surface area contributed by atoms with E-state index in [1.165, 1.54) is 19.2 Å². The van der Waals surface area contributed by atoms with Gasteiger partial charge in [0.15, 0.2) is 11.5 Å². The Morgan fingerprint density at radius 3 is 2.54 bits per heavy atom. The summed E-state index contributed by atoms with van der Waals surface area (Å²) in [4.78, 5) is 4.03. The molecule has 0 aliphatic heterocycles. The second-order valence-corrected chi connectivity index (χ2v) is 8.05. The number of phenolic OH excluding ortho intramolecular Hbond substituents is 1. The van der Waals surface area contributed by atoms with Crippen molar-refractivity contribution >= 4 is 20.1 Å². The quantitative estimate of drug-likeness (QED) is 0.580. The highest BCUT2D eigenvalue weighted by molar-refractivity contribution is 7.48. The summed E-state index contributed by atoms with van der Waals surface area (Å²) in [5, 5.41) is 11.3. The lowest BCUT2D eigenvalue weighted by atomic mass is 9.95. The van der Waals surface area contributed by atoms with Gasteiger partial charge in [-0.15, -0.1) is 0 Å². The minimum atomic E-state index is -0.375. The van der Waals surface area contributed by atoms with Crippen molar-refractivity contribution in [1.29, 1.82) is 0 Å². The first-order chi connectivity index (χ1) is 12.4. The average molecular weight is 377 g/mol. The summed E-state index contributed by atoms with van der Waals surface area (Å²) in [5.74, 6) is 0.808. The van der Waals surface area contributed by atoms with E-state index in [1.54, 1.807) is 32.5 Å². The summed E-state index contributed by atoms with van der Waals surface area (Å²) in [5.41, 5.74) is 1.50. The molecule has 1 N–H and O–H groups in total. The van der Waals surface area contributed by atoms with E-state index in [0.717, 1.165) is 22.9 Å². The highest BCUT2D eigenvalue weighted by Crippen LogP contribution is 2.50. The number of methoxy groups -OCH3 is 2. The normalized spacial score (nSPS) is 14.1.